The standard InChI is InChI=1S/C22H23N5/c1-14-20(15(2)27(26-14)16-9-5-3-6-10-16)21-17-11-7-4-8-12-19(17)25-22(24)18(21)13-23/h3,5-6,9-10H,4,7-8,11-12H2,1-2H3,(H2,24,25). The van der Waals surface area contributed by atoms with Gasteiger partial charge in [-0.25, -0.2) is 9.67 Å². The number of nitrogens with two attached hydrogens (primary N) is 1. The van der Waals surface area contributed by atoms with Gasteiger partial charge < -0.3 is 5.73 Å². The molecule has 2 aromatic heterocycles. The number of hydrogen-bond donors (Lipinski definition) is 1. The van der Waals surface area contributed by atoms with E-state index in [1.54, 1.807) is 0 Å². The lowest BCUT2D eigenvalue weighted by molar-refractivity contribution is 0.709. The van der Waals surface area contributed by atoms with E-state index < -0.39 is 0 Å². The number of hydrogen-bond acceptors (Lipinski definition) is 4. The van der Waals surface area contributed by atoms with Crippen molar-refractivity contribution in [3.8, 4) is 22.9 Å². The van der Waals surface area contributed by atoms with Crippen molar-refractivity contribution >= 4 is 5.82 Å². The van der Waals surface area contributed by atoms with Crippen molar-refractivity contribution in [2.24, 2.45) is 0 Å². The Hall–Kier alpha value is -3.13. The normalized spacial score (nSPS) is 13.7. The predicted octanol–water partition coefficient (Wildman–Crippen LogP) is 4.27. The number of rotatable bonds is 2. The molecule has 5 heteroatoms. The number of pyridine rings is 1. The van der Waals surface area contributed by atoms with E-state index in [1.807, 2.05) is 41.9 Å². The molecule has 0 fully saturated rings. The van der Waals surface area contributed by atoms with Crippen LogP contribution in [0.1, 0.15) is 47.5 Å². The molecule has 0 saturated heterocycles. The number of nitriles is 1. The highest BCUT2D eigenvalue weighted by Gasteiger charge is 2.25. The van der Waals surface area contributed by atoms with E-state index in [0.717, 1.165) is 59.6 Å². The summed E-state index contributed by atoms with van der Waals surface area (Å²) < 4.78 is 1.95. The number of aromatic nitrogens is 3. The van der Waals surface area contributed by atoms with Crippen molar-refractivity contribution in [3.63, 3.8) is 0 Å². The quantitative estimate of drug-likeness (QED) is 0.694. The van der Waals surface area contributed by atoms with E-state index in [0.29, 0.717) is 11.4 Å². The van der Waals surface area contributed by atoms with Crippen LogP contribution in [0.5, 0.6) is 0 Å². The molecule has 2 heterocycles. The lowest BCUT2D eigenvalue weighted by Gasteiger charge is -2.16. The van der Waals surface area contributed by atoms with Crippen molar-refractivity contribution in [1.29, 1.82) is 5.26 Å². The molecule has 5 nitrogen and oxygen atoms in total. The van der Waals surface area contributed by atoms with Gasteiger partial charge in [-0.3, -0.25) is 0 Å². The van der Waals surface area contributed by atoms with Crippen molar-refractivity contribution in [3.05, 3.63) is 58.5 Å². The first-order valence-corrected chi connectivity index (χ1v) is 9.45. The minimum absolute atomic E-state index is 0.333. The zero-order valence-electron chi connectivity index (χ0n) is 15.8. The second-order valence-corrected chi connectivity index (χ2v) is 7.14. The Labute approximate surface area is 159 Å². The van der Waals surface area contributed by atoms with Gasteiger partial charge in [0.25, 0.3) is 0 Å². The summed E-state index contributed by atoms with van der Waals surface area (Å²) >= 11 is 0. The Morgan fingerprint density at radius 1 is 1.04 bits per heavy atom. The van der Waals surface area contributed by atoms with Gasteiger partial charge >= 0.3 is 0 Å². The SMILES string of the molecule is Cc1nn(-c2ccccc2)c(C)c1-c1c(C#N)c(N)nc2c1CCCCC2. The molecule has 0 amide bonds. The number of anilines is 1. The molecule has 3 aromatic rings. The predicted molar refractivity (Wildman–Crippen MR) is 107 cm³/mol. The van der Waals surface area contributed by atoms with Crippen LogP contribution >= 0.6 is 0 Å². The van der Waals surface area contributed by atoms with Crippen molar-refractivity contribution in [1.82, 2.24) is 14.8 Å². The topological polar surface area (TPSA) is 80.5 Å². The second kappa shape index (κ2) is 6.88. The first-order valence-electron chi connectivity index (χ1n) is 9.45. The zero-order valence-corrected chi connectivity index (χ0v) is 15.8. The van der Waals surface area contributed by atoms with Crippen LogP contribution in [0.3, 0.4) is 0 Å². The Morgan fingerprint density at radius 3 is 2.52 bits per heavy atom. The van der Waals surface area contributed by atoms with Gasteiger partial charge in [-0.15, -0.1) is 0 Å². The van der Waals surface area contributed by atoms with E-state index in [1.165, 1.54) is 12.0 Å². The van der Waals surface area contributed by atoms with Gasteiger partial charge in [0.1, 0.15) is 17.5 Å². The summed E-state index contributed by atoms with van der Waals surface area (Å²) in [4.78, 5) is 4.58. The number of fused-ring (bicyclic) bond motifs is 1. The maximum absolute atomic E-state index is 9.84. The van der Waals surface area contributed by atoms with Gasteiger partial charge in [0.15, 0.2) is 0 Å². The first-order chi connectivity index (χ1) is 13.1. The molecule has 4 rings (SSSR count). The van der Waals surface area contributed by atoms with Gasteiger partial charge in [0.2, 0.25) is 0 Å². The summed E-state index contributed by atoms with van der Waals surface area (Å²) in [7, 11) is 0. The molecule has 2 N–H and O–H groups in total. The monoisotopic (exact) mass is 357 g/mol. The maximum atomic E-state index is 9.84. The lowest BCUT2D eigenvalue weighted by Crippen LogP contribution is -2.07. The minimum Gasteiger partial charge on any atom is -0.383 e. The largest absolute Gasteiger partial charge is 0.383 e. The van der Waals surface area contributed by atoms with E-state index in [4.69, 9.17) is 10.8 Å². The average molecular weight is 357 g/mol. The number of aryl methyl sites for hydroxylation is 2. The first kappa shape index (κ1) is 17.3. The fourth-order valence-corrected chi connectivity index (χ4v) is 4.15. The molecule has 1 aromatic carbocycles. The van der Waals surface area contributed by atoms with E-state index >= 15 is 0 Å². The maximum Gasteiger partial charge on any atom is 0.142 e. The number of nitrogen functional groups attached to an aromatic ring is 1. The number of nitrogens with zero attached hydrogens (tertiary/aromatic N) is 4. The summed E-state index contributed by atoms with van der Waals surface area (Å²) in [5.41, 5.74) is 13.8. The summed E-state index contributed by atoms with van der Waals surface area (Å²) in [5.74, 6) is 0.333. The molecular formula is C22H23N5. The summed E-state index contributed by atoms with van der Waals surface area (Å²) in [6, 6.07) is 12.4. The van der Waals surface area contributed by atoms with Gasteiger partial charge in [0, 0.05) is 22.5 Å². The van der Waals surface area contributed by atoms with Crippen LogP contribution in [0.25, 0.3) is 16.8 Å². The van der Waals surface area contributed by atoms with Gasteiger partial charge in [0.05, 0.1) is 11.4 Å². The van der Waals surface area contributed by atoms with Crippen LogP contribution in [-0.2, 0) is 12.8 Å². The fourth-order valence-electron chi connectivity index (χ4n) is 4.15. The molecule has 27 heavy (non-hydrogen) atoms. The van der Waals surface area contributed by atoms with Crippen LogP contribution in [-0.4, -0.2) is 14.8 Å². The van der Waals surface area contributed by atoms with Crippen molar-refractivity contribution < 1.29 is 0 Å². The molecule has 0 radical (unpaired) electrons. The van der Waals surface area contributed by atoms with E-state index in [2.05, 4.69) is 18.0 Å². The Morgan fingerprint density at radius 2 is 1.78 bits per heavy atom. The number of benzene rings is 1. The number of para-hydroxylation sites is 1. The third-order valence-corrected chi connectivity index (χ3v) is 5.41. The van der Waals surface area contributed by atoms with Crippen LogP contribution in [0.4, 0.5) is 5.82 Å². The highest BCUT2D eigenvalue weighted by atomic mass is 15.3. The van der Waals surface area contributed by atoms with Gasteiger partial charge in [-0.2, -0.15) is 10.4 Å². The molecule has 1 aliphatic carbocycles. The van der Waals surface area contributed by atoms with Gasteiger partial charge in [-0.05, 0) is 57.2 Å². The minimum atomic E-state index is 0.333. The highest BCUT2D eigenvalue weighted by Crippen LogP contribution is 2.39. The third-order valence-electron chi connectivity index (χ3n) is 5.41. The Kier molecular flexibility index (Phi) is 4.41. The van der Waals surface area contributed by atoms with Crippen LogP contribution in [0, 0.1) is 25.2 Å². The molecule has 0 atom stereocenters. The van der Waals surface area contributed by atoms with Crippen LogP contribution in [0.2, 0.25) is 0 Å². The van der Waals surface area contributed by atoms with E-state index in [9.17, 15) is 5.26 Å². The molecule has 136 valence electrons. The zero-order chi connectivity index (χ0) is 19.0. The lowest BCUT2D eigenvalue weighted by atomic mass is 9.90. The molecule has 0 unspecified atom stereocenters. The van der Waals surface area contributed by atoms with Crippen LogP contribution in [0.15, 0.2) is 30.3 Å². The molecule has 0 aliphatic heterocycles. The fraction of sp³-hybridized carbons (Fsp3) is 0.318. The summed E-state index contributed by atoms with van der Waals surface area (Å²) in [6.45, 7) is 4.06. The summed E-state index contributed by atoms with van der Waals surface area (Å²) in [6.07, 6.45) is 5.26. The van der Waals surface area contributed by atoms with Crippen LogP contribution < -0.4 is 5.73 Å². The van der Waals surface area contributed by atoms with Gasteiger partial charge in [-0.1, -0.05) is 24.6 Å². The van der Waals surface area contributed by atoms with E-state index in [-0.39, 0.29) is 0 Å². The Bertz CT molecular complexity index is 1040. The highest BCUT2D eigenvalue weighted by molar-refractivity contribution is 5.82. The molecule has 1 aliphatic rings. The third kappa shape index (κ3) is 2.87. The Balaban J connectivity index is 2.01. The summed E-state index contributed by atoms with van der Waals surface area (Å²) in [5, 5.41) is 14.6. The van der Waals surface area contributed by atoms with Crippen molar-refractivity contribution in [2.45, 2.75) is 46.0 Å². The molecule has 0 spiro atoms. The molecular weight excluding hydrogens is 334 g/mol. The molecule has 0 bridgehead atoms. The molecule has 0 saturated carbocycles. The second-order valence-electron chi connectivity index (χ2n) is 7.14. The van der Waals surface area contributed by atoms with Crippen molar-refractivity contribution in [2.75, 3.05) is 5.73 Å². The smallest absolute Gasteiger partial charge is 0.142 e. The average Bonchev–Trinajstić information content (AvgIpc) is 2.83.